The van der Waals surface area contributed by atoms with Gasteiger partial charge in [0.15, 0.2) is 0 Å². The van der Waals surface area contributed by atoms with E-state index in [9.17, 15) is 13.8 Å². The van der Waals surface area contributed by atoms with Crippen molar-refractivity contribution in [1.29, 1.82) is 0 Å². The van der Waals surface area contributed by atoms with Gasteiger partial charge in [0.2, 0.25) is 0 Å². The van der Waals surface area contributed by atoms with Gasteiger partial charge < -0.3 is 10.4 Å². The molecule has 0 aromatic heterocycles. The normalized spacial score (nSPS) is 12.2. The minimum Gasteiger partial charge on any atom is -0.478 e. The van der Waals surface area contributed by atoms with Gasteiger partial charge in [-0.2, -0.15) is 0 Å². The molecule has 5 nitrogen and oxygen atoms in total. The van der Waals surface area contributed by atoms with E-state index in [2.05, 4.69) is 5.32 Å². The van der Waals surface area contributed by atoms with Crippen molar-refractivity contribution in [2.45, 2.75) is 6.42 Å². The molecule has 0 spiro atoms. The Morgan fingerprint density at radius 2 is 2.15 bits per heavy atom. The van der Waals surface area contributed by atoms with E-state index in [1.165, 1.54) is 6.08 Å². The molecular formula is C14H17NO4S. The lowest BCUT2D eigenvalue weighted by molar-refractivity contribution is -0.131. The van der Waals surface area contributed by atoms with Gasteiger partial charge in [-0.05, 0) is 30.2 Å². The average Bonchev–Trinajstić information content (AvgIpc) is 2.41. The van der Waals surface area contributed by atoms with Crippen LogP contribution in [0.3, 0.4) is 0 Å². The highest BCUT2D eigenvalue weighted by Crippen LogP contribution is 2.07. The highest BCUT2D eigenvalue weighted by Gasteiger charge is 2.05. The van der Waals surface area contributed by atoms with Crippen molar-refractivity contribution in [3.8, 4) is 0 Å². The lowest BCUT2D eigenvalue weighted by Crippen LogP contribution is -2.25. The summed E-state index contributed by atoms with van der Waals surface area (Å²) < 4.78 is 10.9. The smallest absolute Gasteiger partial charge is 0.328 e. The predicted molar refractivity (Wildman–Crippen MR) is 79.0 cm³/mol. The van der Waals surface area contributed by atoms with E-state index < -0.39 is 16.8 Å². The molecule has 0 bridgehead atoms. The molecule has 1 atom stereocenters. The number of aliphatic carboxylic acids is 1. The third kappa shape index (κ3) is 6.29. The van der Waals surface area contributed by atoms with Crippen molar-refractivity contribution < 1.29 is 18.9 Å². The zero-order chi connectivity index (χ0) is 15.0. The van der Waals surface area contributed by atoms with Crippen molar-refractivity contribution in [2.24, 2.45) is 0 Å². The third-order valence-electron chi connectivity index (χ3n) is 2.46. The van der Waals surface area contributed by atoms with Crippen molar-refractivity contribution in [3.05, 3.63) is 41.5 Å². The molecule has 108 valence electrons. The summed E-state index contributed by atoms with van der Waals surface area (Å²) >= 11 is 0. The molecule has 0 aliphatic carbocycles. The molecule has 1 aromatic carbocycles. The van der Waals surface area contributed by atoms with Crippen molar-refractivity contribution >= 4 is 28.8 Å². The molecule has 0 radical (unpaired) electrons. The van der Waals surface area contributed by atoms with Crippen LogP contribution in [0.5, 0.6) is 0 Å². The van der Waals surface area contributed by atoms with Gasteiger partial charge in [-0.25, -0.2) is 4.79 Å². The molecule has 1 aromatic rings. The Kier molecular flexibility index (Phi) is 6.66. The molecule has 2 N–H and O–H groups in total. The van der Waals surface area contributed by atoms with Gasteiger partial charge in [0, 0.05) is 41.0 Å². The summed E-state index contributed by atoms with van der Waals surface area (Å²) in [5.41, 5.74) is 1.12. The standard InChI is InChI=1S/C14H17NO4S/c1-20(19)9-3-8-15-14(18)12-5-2-4-11(10-12)6-7-13(16)17/h2,4-7,10H,3,8-9H2,1H3,(H,15,18)(H,16,17)/b7-6+. The molecule has 1 rings (SSSR count). The van der Waals surface area contributed by atoms with Gasteiger partial charge >= 0.3 is 5.97 Å². The summed E-state index contributed by atoms with van der Waals surface area (Å²) in [4.78, 5) is 22.3. The first-order chi connectivity index (χ1) is 9.49. The first kappa shape index (κ1) is 16.1. The Labute approximate surface area is 120 Å². The maximum Gasteiger partial charge on any atom is 0.328 e. The van der Waals surface area contributed by atoms with Crippen LogP contribution in [0.25, 0.3) is 6.08 Å². The predicted octanol–water partition coefficient (Wildman–Crippen LogP) is 1.28. The molecule has 0 aliphatic heterocycles. The van der Waals surface area contributed by atoms with Gasteiger partial charge in [0.1, 0.15) is 0 Å². The van der Waals surface area contributed by atoms with E-state index in [0.29, 0.717) is 29.8 Å². The minimum absolute atomic E-state index is 0.225. The van der Waals surface area contributed by atoms with E-state index >= 15 is 0 Å². The maximum absolute atomic E-state index is 11.9. The molecule has 6 heteroatoms. The van der Waals surface area contributed by atoms with Crippen LogP contribution in [0.2, 0.25) is 0 Å². The largest absolute Gasteiger partial charge is 0.478 e. The van der Waals surface area contributed by atoms with Crippen LogP contribution in [0.15, 0.2) is 30.3 Å². The Bertz CT molecular complexity index is 540. The fraction of sp³-hybridized carbons (Fsp3) is 0.286. The number of carbonyl (C=O) groups excluding carboxylic acids is 1. The first-order valence-electron chi connectivity index (χ1n) is 6.08. The number of carboxylic acids is 1. The van der Waals surface area contributed by atoms with Crippen LogP contribution in [0.4, 0.5) is 0 Å². The number of rotatable bonds is 7. The highest BCUT2D eigenvalue weighted by molar-refractivity contribution is 7.84. The zero-order valence-corrected chi connectivity index (χ0v) is 12.0. The number of carboxylic acid groups (broad SMARTS) is 1. The molecule has 1 unspecified atom stereocenters. The number of amides is 1. The number of benzene rings is 1. The van der Waals surface area contributed by atoms with E-state index in [0.717, 1.165) is 6.08 Å². The van der Waals surface area contributed by atoms with Gasteiger partial charge in [-0.3, -0.25) is 9.00 Å². The van der Waals surface area contributed by atoms with Crippen LogP contribution in [0.1, 0.15) is 22.3 Å². The molecule has 0 saturated carbocycles. The summed E-state index contributed by atoms with van der Waals surface area (Å²) in [7, 11) is -0.852. The molecule has 0 fully saturated rings. The number of nitrogens with one attached hydrogen (secondary N) is 1. The van der Waals surface area contributed by atoms with Crippen LogP contribution < -0.4 is 5.32 Å². The second-order valence-corrected chi connectivity index (χ2v) is 5.74. The zero-order valence-electron chi connectivity index (χ0n) is 11.2. The van der Waals surface area contributed by atoms with Crippen LogP contribution >= 0.6 is 0 Å². The molecule has 0 heterocycles. The third-order valence-corrected chi connectivity index (χ3v) is 3.32. The quantitative estimate of drug-likeness (QED) is 0.586. The fourth-order valence-electron chi connectivity index (χ4n) is 1.53. The average molecular weight is 295 g/mol. The summed E-state index contributed by atoms with van der Waals surface area (Å²) in [6, 6.07) is 6.69. The molecule has 0 aliphatic rings. The maximum atomic E-state index is 11.9. The first-order valence-corrected chi connectivity index (χ1v) is 7.81. The topological polar surface area (TPSA) is 83.5 Å². The SMILES string of the molecule is CS(=O)CCCNC(=O)c1cccc(/C=C/C(=O)O)c1. The van der Waals surface area contributed by atoms with E-state index in [4.69, 9.17) is 5.11 Å². The minimum atomic E-state index is -1.03. The molecule has 0 saturated heterocycles. The summed E-state index contributed by atoms with van der Waals surface area (Å²) in [6.07, 6.45) is 4.74. The van der Waals surface area contributed by atoms with Crippen LogP contribution in [-0.4, -0.2) is 39.7 Å². The molecule has 1 amide bonds. The van der Waals surface area contributed by atoms with Gasteiger partial charge in [-0.1, -0.05) is 12.1 Å². The van der Waals surface area contributed by atoms with E-state index in [-0.39, 0.29) is 5.91 Å². The summed E-state index contributed by atoms with van der Waals surface area (Å²) in [5.74, 6) is -0.702. The van der Waals surface area contributed by atoms with Gasteiger partial charge in [0.05, 0.1) is 0 Å². The highest BCUT2D eigenvalue weighted by atomic mass is 32.2. The van der Waals surface area contributed by atoms with E-state index in [1.807, 2.05) is 0 Å². The number of hydrogen-bond donors (Lipinski definition) is 2. The van der Waals surface area contributed by atoms with Gasteiger partial charge in [-0.15, -0.1) is 0 Å². The Hall–Kier alpha value is -1.95. The Balaban J connectivity index is 2.57. The second-order valence-electron chi connectivity index (χ2n) is 4.18. The fourth-order valence-corrected chi connectivity index (χ4v) is 2.08. The molecular weight excluding hydrogens is 278 g/mol. The van der Waals surface area contributed by atoms with Crippen molar-refractivity contribution in [1.82, 2.24) is 5.32 Å². The van der Waals surface area contributed by atoms with Crippen molar-refractivity contribution in [2.75, 3.05) is 18.6 Å². The summed E-state index contributed by atoms with van der Waals surface area (Å²) in [6.45, 7) is 0.466. The molecule has 20 heavy (non-hydrogen) atoms. The summed E-state index contributed by atoms with van der Waals surface area (Å²) in [5, 5.41) is 11.3. The van der Waals surface area contributed by atoms with Gasteiger partial charge in [0.25, 0.3) is 5.91 Å². The van der Waals surface area contributed by atoms with Crippen LogP contribution in [-0.2, 0) is 15.6 Å². The Morgan fingerprint density at radius 1 is 1.40 bits per heavy atom. The lowest BCUT2D eigenvalue weighted by Gasteiger charge is -2.05. The monoisotopic (exact) mass is 295 g/mol. The lowest BCUT2D eigenvalue weighted by atomic mass is 10.1. The Morgan fingerprint density at radius 3 is 2.80 bits per heavy atom. The van der Waals surface area contributed by atoms with E-state index in [1.54, 1.807) is 30.5 Å². The van der Waals surface area contributed by atoms with Crippen molar-refractivity contribution in [3.63, 3.8) is 0 Å². The second kappa shape index (κ2) is 8.27. The number of hydrogen-bond acceptors (Lipinski definition) is 3. The number of carbonyl (C=O) groups is 2. The van der Waals surface area contributed by atoms with Crippen LogP contribution in [0, 0.1) is 0 Å².